The first kappa shape index (κ1) is 17.2. The summed E-state index contributed by atoms with van der Waals surface area (Å²) in [5, 5.41) is 0. The molecule has 0 aromatic heterocycles. The average molecular weight is 339 g/mol. The molecule has 3 aliphatic rings. The number of rotatable bonds is 6. The van der Waals surface area contributed by atoms with Crippen LogP contribution < -0.4 is 5.73 Å². The Morgan fingerprint density at radius 3 is 2.75 bits per heavy atom. The van der Waals surface area contributed by atoms with Gasteiger partial charge in [0.25, 0.3) is 0 Å². The van der Waals surface area contributed by atoms with Crippen molar-refractivity contribution >= 4 is 17.9 Å². The fourth-order valence-corrected chi connectivity index (χ4v) is 4.21. The lowest BCUT2D eigenvalue weighted by Gasteiger charge is -2.30. The van der Waals surface area contributed by atoms with Gasteiger partial charge in [-0.05, 0) is 33.1 Å². The maximum atomic E-state index is 12.1. The van der Waals surface area contributed by atoms with Crippen molar-refractivity contribution in [1.82, 2.24) is 0 Å². The molecule has 2 bridgehead atoms. The van der Waals surface area contributed by atoms with E-state index < -0.39 is 41.6 Å². The number of ether oxygens (including phenoxy) is 3. The Morgan fingerprint density at radius 2 is 2.12 bits per heavy atom. The Kier molecular flexibility index (Phi) is 4.10. The Bertz CT molecular complexity index is 573. The van der Waals surface area contributed by atoms with Gasteiger partial charge in [0.05, 0.1) is 10.8 Å². The molecule has 24 heavy (non-hydrogen) atoms. The second-order valence-electron chi connectivity index (χ2n) is 7.80. The topological polar surface area (TPSA) is 105 Å². The minimum absolute atomic E-state index is 0.0272. The van der Waals surface area contributed by atoms with Gasteiger partial charge in [0.2, 0.25) is 0 Å². The van der Waals surface area contributed by atoms with Crippen molar-refractivity contribution in [2.75, 3.05) is 13.2 Å². The van der Waals surface area contributed by atoms with Crippen LogP contribution in [0.5, 0.6) is 0 Å². The Balaban J connectivity index is 1.56. The van der Waals surface area contributed by atoms with Crippen LogP contribution in [-0.4, -0.2) is 43.3 Å². The maximum absolute atomic E-state index is 12.1. The summed E-state index contributed by atoms with van der Waals surface area (Å²) in [5.74, 6) is -1.18. The third-order valence-corrected chi connectivity index (χ3v) is 6.12. The smallest absolute Gasteiger partial charge is 0.344 e. The van der Waals surface area contributed by atoms with Gasteiger partial charge in [0.15, 0.2) is 6.61 Å². The molecule has 5 unspecified atom stereocenters. The molecule has 0 spiro atoms. The van der Waals surface area contributed by atoms with Crippen LogP contribution in [0.25, 0.3) is 0 Å². The van der Waals surface area contributed by atoms with Gasteiger partial charge in [-0.25, -0.2) is 4.79 Å². The maximum Gasteiger partial charge on any atom is 0.344 e. The first-order chi connectivity index (χ1) is 11.2. The number of carbonyl (C=O) groups excluding carboxylic acids is 3. The van der Waals surface area contributed by atoms with Crippen LogP contribution in [0.2, 0.25) is 0 Å². The van der Waals surface area contributed by atoms with E-state index in [2.05, 4.69) is 0 Å². The molecule has 3 rings (SSSR count). The van der Waals surface area contributed by atoms with Gasteiger partial charge in [0, 0.05) is 18.4 Å². The zero-order valence-electron chi connectivity index (χ0n) is 14.4. The summed E-state index contributed by atoms with van der Waals surface area (Å²) >= 11 is 0. The number of carbonyl (C=O) groups is 3. The summed E-state index contributed by atoms with van der Waals surface area (Å²) < 4.78 is 16.0. The molecule has 7 nitrogen and oxygen atoms in total. The summed E-state index contributed by atoms with van der Waals surface area (Å²) in [6, 6.07) is 0. The van der Waals surface area contributed by atoms with E-state index in [1.165, 1.54) is 0 Å². The van der Waals surface area contributed by atoms with E-state index >= 15 is 0 Å². The molecule has 1 heterocycles. The standard InChI is InChI=1S/C17H25NO6/c1-4-16(2,3)14(20)22-7-11(19)23-12-9-5-10-13(12)24-15(21)17(10,6-9)8-18/h9-10,12-13H,4-8,18H2,1-3H3. The highest BCUT2D eigenvalue weighted by atomic mass is 16.6. The van der Waals surface area contributed by atoms with Crippen molar-refractivity contribution in [3.05, 3.63) is 0 Å². The fraction of sp³-hybridized carbons (Fsp3) is 0.824. The summed E-state index contributed by atoms with van der Waals surface area (Å²) in [7, 11) is 0. The van der Waals surface area contributed by atoms with E-state index in [-0.39, 0.29) is 24.3 Å². The van der Waals surface area contributed by atoms with Crippen molar-refractivity contribution in [2.45, 2.75) is 52.2 Å². The van der Waals surface area contributed by atoms with Gasteiger partial charge in [-0.1, -0.05) is 6.92 Å². The molecule has 7 heteroatoms. The second kappa shape index (κ2) is 5.72. The average Bonchev–Trinajstić information content (AvgIpc) is 3.14. The highest BCUT2D eigenvalue weighted by molar-refractivity contribution is 5.82. The van der Waals surface area contributed by atoms with E-state index in [9.17, 15) is 14.4 Å². The van der Waals surface area contributed by atoms with Crippen LogP contribution in [0.3, 0.4) is 0 Å². The predicted octanol–water partition coefficient (Wildman–Crippen LogP) is 0.788. The number of hydrogen-bond donors (Lipinski definition) is 1. The lowest BCUT2D eigenvalue weighted by atomic mass is 9.73. The zero-order chi connectivity index (χ0) is 17.7. The minimum Gasteiger partial charge on any atom is -0.458 e. The fourth-order valence-electron chi connectivity index (χ4n) is 4.21. The van der Waals surface area contributed by atoms with Crippen LogP contribution in [0.15, 0.2) is 0 Å². The Hall–Kier alpha value is -1.63. The van der Waals surface area contributed by atoms with Gasteiger partial charge in [-0.3, -0.25) is 9.59 Å². The SMILES string of the molecule is CCC(C)(C)C(=O)OCC(=O)OC1C2CC3C1OC(=O)C3(CN)C2. The number of esters is 3. The summed E-state index contributed by atoms with van der Waals surface area (Å²) in [4.78, 5) is 36.1. The van der Waals surface area contributed by atoms with Crippen molar-refractivity contribution in [3.8, 4) is 0 Å². The van der Waals surface area contributed by atoms with Gasteiger partial charge in [0.1, 0.15) is 12.2 Å². The predicted molar refractivity (Wildman–Crippen MR) is 82.5 cm³/mol. The Labute approximate surface area is 141 Å². The van der Waals surface area contributed by atoms with Crippen LogP contribution >= 0.6 is 0 Å². The summed E-state index contributed by atoms with van der Waals surface area (Å²) in [5.41, 5.74) is 4.58. The third-order valence-electron chi connectivity index (χ3n) is 6.12. The van der Waals surface area contributed by atoms with Gasteiger partial charge in [-0.15, -0.1) is 0 Å². The Morgan fingerprint density at radius 1 is 1.42 bits per heavy atom. The molecule has 2 N–H and O–H groups in total. The molecule has 134 valence electrons. The molecule has 1 saturated heterocycles. The van der Waals surface area contributed by atoms with Crippen molar-refractivity contribution < 1.29 is 28.6 Å². The molecule has 0 aromatic rings. The largest absolute Gasteiger partial charge is 0.458 e. The van der Waals surface area contributed by atoms with Crippen molar-refractivity contribution in [3.63, 3.8) is 0 Å². The quantitative estimate of drug-likeness (QED) is 0.563. The van der Waals surface area contributed by atoms with Gasteiger partial charge in [-0.2, -0.15) is 0 Å². The lowest BCUT2D eigenvalue weighted by molar-refractivity contribution is -0.172. The van der Waals surface area contributed by atoms with Crippen LogP contribution in [0, 0.1) is 22.7 Å². The van der Waals surface area contributed by atoms with E-state index in [1.807, 2.05) is 6.92 Å². The molecule has 1 aliphatic heterocycles. The molecular formula is C17H25NO6. The van der Waals surface area contributed by atoms with Gasteiger partial charge >= 0.3 is 17.9 Å². The van der Waals surface area contributed by atoms with E-state index in [0.717, 1.165) is 6.42 Å². The molecule has 2 saturated carbocycles. The molecule has 3 fully saturated rings. The second-order valence-corrected chi connectivity index (χ2v) is 7.80. The molecule has 0 radical (unpaired) electrons. The normalized spacial score (nSPS) is 36.6. The highest BCUT2D eigenvalue weighted by Crippen LogP contribution is 2.61. The number of nitrogens with two attached hydrogens (primary N) is 1. The molecule has 2 aliphatic carbocycles. The number of hydrogen-bond acceptors (Lipinski definition) is 7. The first-order valence-electron chi connectivity index (χ1n) is 8.53. The third kappa shape index (κ3) is 2.41. The summed E-state index contributed by atoms with van der Waals surface area (Å²) in [6.45, 7) is 5.27. The van der Waals surface area contributed by atoms with Crippen LogP contribution in [0.4, 0.5) is 0 Å². The van der Waals surface area contributed by atoms with Crippen molar-refractivity contribution in [1.29, 1.82) is 0 Å². The van der Waals surface area contributed by atoms with Crippen LogP contribution in [0.1, 0.15) is 40.0 Å². The molecule has 0 amide bonds. The van der Waals surface area contributed by atoms with Crippen LogP contribution in [-0.2, 0) is 28.6 Å². The van der Waals surface area contributed by atoms with Crippen molar-refractivity contribution in [2.24, 2.45) is 28.4 Å². The molecular weight excluding hydrogens is 314 g/mol. The molecule has 0 aromatic carbocycles. The highest BCUT2D eigenvalue weighted by Gasteiger charge is 2.70. The van der Waals surface area contributed by atoms with E-state index in [1.54, 1.807) is 13.8 Å². The van der Waals surface area contributed by atoms with E-state index in [4.69, 9.17) is 19.9 Å². The monoisotopic (exact) mass is 339 g/mol. The minimum atomic E-state index is -0.631. The number of fused-ring (bicyclic) bond motifs is 1. The van der Waals surface area contributed by atoms with Gasteiger partial charge < -0.3 is 19.9 Å². The first-order valence-corrected chi connectivity index (χ1v) is 8.53. The molecule has 5 atom stereocenters. The summed E-state index contributed by atoms with van der Waals surface area (Å²) in [6.07, 6.45) is 1.14. The zero-order valence-corrected chi connectivity index (χ0v) is 14.4. The lowest BCUT2D eigenvalue weighted by Crippen LogP contribution is -2.44. The van der Waals surface area contributed by atoms with E-state index in [0.29, 0.717) is 12.8 Å².